The fourth-order valence-electron chi connectivity index (χ4n) is 1.30. The van der Waals surface area contributed by atoms with E-state index < -0.39 is 0 Å². The molecule has 0 bridgehead atoms. The third-order valence-corrected chi connectivity index (χ3v) is 2.56. The third-order valence-electron chi connectivity index (χ3n) is 2.56. The molecule has 1 atom stereocenters. The highest BCUT2D eigenvalue weighted by Crippen LogP contribution is 2.10. The Morgan fingerprint density at radius 1 is 1.06 bits per heavy atom. The van der Waals surface area contributed by atoms with E-state index >= 15 is 0 Å². The van der Waals surface area contributed by atoms with E-state index in [1.807, 2.05) is 14.1 Å². The summed E-state index contributed by atoms with van der Waals surface area (Å²) >= 11 is 0. The van der Waals surface area contributed by atoms with Crippen LogP contribution >= 0.6 is 0 Å². The maximum atomic E-state index is 8.75. The number of hydrogen-bond acceptors (Lipinski definition) is 3. The summed E-state index contributed by atoms with van der Waals surface area (Å²) in [6, 6.07) is 0. The van der Waals surface area contributed by atoms with Gasteiger partial charge in [0.05, 0.1) is 0 Å². The van der Waals surface area contributed by atoms with Gasteiger partial charge >= 0.3 is 0 Å². The minimum absolute atomic E-state index is 0.304. The first kappa shape index (κ1) is 18.3. The number of hydrogen-bond donors (Lipinski definition) is 2. The fourth-order valence-corrected chi connectivity index (χ4v) is 1.30. The molecular formula is C13H31NO2. The summed E-state index contributed by atoms with van der Waals surface area (Å²) in [5, 5.41) is 17.0. The molecule has 1 unspecified atom stereocenters. The first-order valence-electron chi connectivity index (χ1n) is 6.48. The third kappa shape index (κ3) is 16.3. The van der Waals surface area contributed by atoms with Crippen molar-refractivity contribution in [1.29, 1.82) is 0 Å². The average Bonchev–Trinajstić information content (AvgIpc) is 2.29. The molecule has 3 nitrogen and oxygen atoms in total. The van der Waals surface area contributed by atoms with Crippen LogP contribution in [0.5, 0.6) is 0 Å². The number of aliphatic hydroxyl groups is 2. The van der Waals surface area contributed by atoms with E-state index in [-0.39, 0.29) is 0 Å². The number of nitrogens with zero attached hydrogens (tertiary/aromatic N) is 1. The topological polar surface area (TPSA) is 43.7 Å². The lowest BCUT2D eigenvalue weighted by Gasteiger charge is -2.08. The largest absolute Gasteiger partial charge is 0.396 e. The van der Waals surface area contributed by atoms with E-state index in [2.05, 4.69) is 18.7 Å². The Bertz CT molecular complexity index is 115. The summed E-state index contributed by atoms with van der Waals surface area (Å²) in [5.74, 6) is 0.560. The number of unbranched alkanes of at least 4 members (excludes halogenated alkanes) is 1. The summed E-state index contributed by atoms with van der Waals surface area (Å²) in [7, 11) is 3.99. The van der Waals surface area contributed by atoms with Crippen molar-refractivity contribution in [1.82, 2.24) is 4.90 Å². The first-order valence-corrected chi connectivity index (χ1v) is 6.48. The Labute approximate surface area is 101 Å². The van der Waals surface area contributed by atoms with Crippen molar-refractivity contribution in [2.75, 3.05) is 33.9 Å². The Balaban J connectivity index is 0. The molecule has 0 fully saturated rings. The van der Waals surface area contributed by atoms with Gasteiger partial charge in [0.2, 0.25) is 0 Å². The van der Waals surface area contributed by atoms with Gasteiger partial charge in [0, 0.05) is 13.2 Å². The molecule has 0 aliphatic carbocycles. The molecule has 3 heteroatoms. The van der Waals surface area contributed by atoms with Crippen LogP contribution in [-0.4, -0.2) is 49.0 Å². The van der Waals surface area contributed by atoms with E-state index in [4.69, 9.17) is 10.2 Å². The summed E-state index contributed by atoms with van der Waals surface area (Å²) < 4.78 is 0. The van der Waals surface area contributed by atoms with Gasteiger partial charge in [-0.15, -0.1) is 0 Å². The van der Waals surface area contributed by atoms with Crippen LogP contribution in [0.4, 0.5) is 0 Å². The Morgan fingerprint density at radius 3 is 1.94 bits per heavy atom. The van der Waals surface area contributed by atoms with Crippen molar-refractivity contribution in [3.05, 3.63) is 0 Å². The number of aliphatic hydroxyl groups excluding tert-OH is 2. The predicted molar refractivity (Wildman–Crippen MR) is 70.6 cm³/mol. The van der Waals surface area contributed by atoms with Gasteiger partial charge in [-0.1, -0.05) is 33.1 Å². The molecule has 0 aromatic carbocycles. The molecule has 0 heterocycles. The zero-order chi connectivity index (χ0) is 12.8. The zero-order valence-electron chi connectivity index (χ0n) is 11.6. The molecule has 0 aliphatic rings. The molecule has 0 rings (SSSR count). The molecule has 100 valence electrons. The van der Waals surface area contributed by atoms with E-state index in [9.17, 15) is 0 Å². The van der Waals surface area contributed by atoms with E-state index in [1.54, 1.807) is 0 Å². The van der Waals surface area contributed by atoms with Crippen molar-refractivity contribution in [3.63, 3.8) is 0 Å². The molecule has 2 N–H and O–H groups in total. The zero-order valence-corrected chi connectivity index (χ0v) is 11.6. The molecule has 0 aliphatic heterocycles. The molecule has 0 radical (unpaired) electrons. The van der Waals surface area contributed by atoms with Crippen molar-refractivity contribution < 1.29 is 10.2 Å². The van der Waals surface area contributed by atoms with E-state index in [0.717, 1.165) is 19.4 Å². The lowest BCUT2D eigenvalue weighted by Crippen LogP contribution is -2.13. The van der Waals surface area contributed by atoms with Gasteiger partial charge < -0.3 is 15.1 Å². The van der Waals surface area contributed by atoms with Crippen LogP contribution in [-0.2, 0) is 0 Å². The molecule has 0 spiro atoms. The van der Waals surface area contributed by atoms with Gasteiger partial charge in [-0.3, -0.25) is 0 Å². The van der Waals surface area contributed by atoms with Crippen LogP contribution in [0, 0.1) is 5.92 Å². The molecule has 16 heavy (non-hydrogen) atoms. The normalized spacial score (nSPS) is 12.2. The smallest absolute Gasteiger partial charge is 0.0459 e. The highest BCUT2D eigenvalue weighted by Gasteiger charge is 2.01. The van der Waals surface area contributed by atoms with Gasteiger partial charge in [0.25, 0.3) is 0 Å². The van der Waals surface area contributed by atoms with Crippen LogP contribution in [0.1, 0.15) is 46.0 Å². The monoisotopic (exact) mass is 233 g/mol. The maximum absolute atomic E-state index is 8.75. The predicted octanol–water partition coefficient (Wildman–Crippen LogP) is 2.13. The Morgan fingerprint density at radius 2 is 1.69 bits per heavy atom. The Kier molecular flexibility index (Phi) is 17.0. The lowest BCUT2D eigenvalue weighted by molar-refractivity contribution is 0.212. The summed E-state index contributed by atoms with van der Waals surface area (Å²) in [4.78, 5) is 2.05. The minimum atomic E-state index is 0.304. The van der Waals surface area contributed by atoms with Gasteiger partial charge in [0.15, 0.2) is 0 Å². The standard InChI is InChI=1S/C8H18O.C5H13NO/c1-3-5-6-8(4-2)7-9;1-6(2)4-3-5-7/h8-9H,3-7H2,1-2H3;7H,3-5H2,1-2H3. The summed E-state index contributed by atoms with van der Waals surface area (Å²) in [6.07, 6.45) is 5.71. The summed E-state index contributed by atoms with van der Waals surface area (Å²) in [5.41, 5.74) is 0. The van der Waals surface area contributed by atoms with Crippen LogP contribution in [0.3, 0.4) is 0 Å². The lowest BCUT2D eigenvalue weighted by atomic mass is 10.0. The fraction of sp³-hybridized carbons (Fsp3) is 1.00. The molecule has 0 aromatic heterocycles. The molecule has 0 aromatic rings. The quantitative estimate of drug-likeness (QED) is 0.675. The van der Waals surface area contributed by atoms with Crippen LogP contribution in [0.2, 0.25) is 0 Å². The Hall–Kier alpha value is -0.120. The average molecular weight is 233 g/mol. The van der Waals surface area contributed by atoms with Gasteiger partial charge in [-0.2, -0.15) is 0 Å². The first-order chi connectivity index (χ1) is 7.62. The number of rotatable bonds is 8. The van der Waals surface area contributed by atoms with E-state index in [0.29, 0.717) is 19.1 Å². The van der Waals surface area contributed by atoms with Gasteiger partial charge in [-0.05, 0) is 39.4 Å². The highest BCUT2D eigenvalue weighted by molar-refractivity contribution is 4.53. The van der Waals surface area contributed by atoms with Crippen LogP contribution in [0.25, 0.3) is 0 Å². The van der Waals surface area contributed by atoms with Crippen LogP contribution < -0.4 is 0 Å². The van der Waals surface area contributed by atoms with E-state index in [1.165, 1.54) is 19.3 Å². The minimum Gasteiger partial charge on any atom is -0.396 e. The van der Waals surface area contributed by atoms with Crippen molar-refractivity contribution in [2.24, 2.45) is 5.92 Å². The van der Waals surface area contributed by atoms with Crippen molar-refractivity contribution in [3.8, 4) is 0 Å². The SMILES string of the molecule is CCCCC(CC)CO.CN(C)CCCO. The van der Waals surface area contributed by atoms with Crippen molar-refractivity contribution >= 4 is 0 Å². The van der Waals surface area contributed by atoms with Crippen LogP contribution in [0.15, 0.2) is 0 Å². The molecule has 0 amide bonds. The molecule has 0 saturated carbocycles. The summed E-state index contributed by atoms with van der Waals surface area (Å²) in [6.45, 7) is 5.98. The van der Waals surface area contributed by atoms with Crippen molar-refractivity contribution in [2.45, 2.75) is 46.0 Å². The second kappa shape index (κ2) is 14.9. The molecule has 0 saturated heterocycles. The second-order valence-electron chi connectivity index (χ2n) is 4.48. The van der Waals surface area contributed by atoms with Gasteiger partial charge in [-0.25, -0.2) is 0 Å². The second-order valence-corrected chi connectivity index (χ2v) is 4.48. The van der Waals surface area contributed by atoms with Gasteiger partial charge in [0.1, 0.15) is 0 Å². The molecular weight excluding hydrogens is 202 g/mol. The highest BCUT2D eigenvalue weighted by atomic mass is 16.3. The maximum Gasteiger partial charge on any atom is 0.0459 e.